The molecule has 0 radical (unpaired) electrons. The number of benzene rings is 2. The summed E-state index contributed by atoms with van der Waals surface area (Å²) in [5.74, 6) is -0.454. The fourth-order valence-electron chi connectivity index (χ4n) is 3.46. The number of carbonyl (C=O) groups is 2. The summed E-state index contributed by atoms with van der Waals surface area (Å²) in [5.41, 5.74) is 2.65. The number of carbonyl (C=O) groups excluding carboxylic acids is 2. The number of amides is 2. The zero-order valence-corrected chi connectivity index (χ0v) is 12.9. The van der Waals surface area contributed by atoms with Crippen LogP contribution in [0.2, 0.25) is 0 Å². The van der Waals surface area contributed by atoms with Crippen molar-refractivity contribution in [2.75, 3.05) is 22.9 Å². The molecule has 0 unspecified atom stereocenters. The Morgan fingerprint density at radius 2 is 1.17 bits per heavy atom. The number of para-hydroxylation sites is 2. The molecule has 23 heavy (non-hydrogen) atoms. The molecule has 0 N–H and O–H groups in total. The third-order valence-electron chi connectivity index (χ3n) is 4.61. The van der Waals surface area contributed by atoms with Gasteiger partial charge in [-0.3, -0.25) is 9.59 Å². The lowest BCUT2D eigenvalue weighted by atomic mass is 10.1. The topological polar surface area (TPSA) is 40.6 Å². The van der Waals surface area contributed by atoms with E-state index in [1.54, 1.807) is 24.3 Å². The molecule has 1 saturated heterocycles. The summed E-state index contributed by atoms with van der Waals surface area (Å²) in [6, 6.07) is 14.8. The molecule has 0 saturated carbocycles. The van der Waals surface area contributed by atoms with Crippen LogP contribution in [0.5, 0.6) is 0 Å². The molecule has 2 aliphatic heterocycles. The molecule has 2 aromatic rings. The minimum atomic E-state index is -0.227. The van der Waals surface area contributed by atoms with E-state index in [0.717, 1.165) is 31.6 Å². The molecule has 4 nitrogen and oxygen atoms in total. The average Bonchev–Trinajstić information content (AvgIpc) is 2.87. The molecule has 0 bridgehead atoms. The first-order valence-electron chi connectivity index (χ1n) is 8.09. The van der Waals surface area contributed by atoms with Crippen LogP contribution in [0.4, 0.5) is 11.4 Å². The molecular weight excluding hydrogens is 288 g/mol. The van der Waals surface area contributed by atoms with Crippen LogP contribution in [-0.4, -0.2) is 24.9 Å². The minimum Gasteiger partial charge on any atom is -0.370 e. The first-order valence-corrected chi connectivity index (χ1v) is 8.09. The summed E-state index contributed by atoms with van der Waals surface area (Å²) in [4.78, 5) is 29.1. The van der Waals surface area contributed by atoms with E-state index in [1.165, 1.54) is 11.3 Å². The first kappa shape index (κ1) is 14.0. The first-order chi connectivity index (χ1) is 11.3. The molecule has 4 rings (SSSR count). The van der Waals surface area contributed by atoms with Gasteiger partial charge in [0.05, 0.1) is 22.5 Å². The highest BCUT2D eigenvalue weighted by molar-refractivity contribution is 6.35. The van der Waals surface area contributed by atoms with E-state index in [1.807, 2.05) is 24.3 Å². The molecule has 2 aromatic carbocycles. The molecule has 2 aliphatic rings. The van der Waals surface area contributed by atoms with Crippen LogP contribution in [-0.2, 0) is 0 Å². The number of anilines is 2. The highest BCUT2D eigenvalue weighted by Crippen LogP contribution is 2.36. The van der Waals surface area contributed by atoms with Gasteiger partial charge in [0.1, 0.15) is 0 Å². The van der Waals surface area contributed by atoms with Gasteiger partial charge in [0.25, 0.3) is 11.8 Å². The summed E-state index contributed by atoms with van der Waals surface area (Å²) in [5, 5.41) is 0. The van der Waals surface area contributed by atoms with Gasteiger partial charge in [0.2, 0.25) is 0 Å². The van der Waals surface area contributed by atoms with E-state index in [4.69, 9.17) is 0 Å². The number of imide groups is 1. The maximum Gasteiger partial charge on any atom is 0.266 e. The Hall–Kier alpha value is -2.62. The van der Waals surface area contributed by atoms with E-state index in [9.17, 15) is 9.59 Å². The van der Waals surface area contributed by atoms with Crippen molar-refractivity contribution in [1.29, 1.82) is 0 Å². The van der Waals surface area contributed by atoms with Crippen molar-refractivity contribution < 1.29 is 9.59 Å². The Kier molecular flexibility index (Phi) is 3.37. The molecule has 2 amide bonds. The van der Waals surface area contributed by atoms with Crippen LogP contribution in [0.1, 0.15) is 40.0 Å². The monoisotopic (exact) mass is 306 g/mol. The second kappa shape index (κ2) is 5.54. The Morgan fingerprint density at radius 1 is 0.652 bits per heavy atom. The largest absolute Gasteiger partial charge is 0.370 e. The Morgan fingerprint density at radius 3 is 1.78 bits per heavy atom. The van der Waals surface area contributed by atoms with Gasteiger partial charge in [-0.2, -0.15) is 0 Å². The van der Waals surface area contributed by atoms with Crippen LogP contribution < -0.4 is 9.80 Å². The molecule has 0 aromatic heterocycles. The van der Waals surface area contributed by atoms with Crippen molar-refractivity contribution >= 4 is 23.2 Å². The summed E-state index contributed by atoms with van der Waals surface area (Å²) in [7, 11) is 0. The standard InChI is InChI=1S/C19H18N2O2/c22-18-14-8-2-3-9-15(14)19(23)21(18)17-11-5-4-10-16(17)20-12-6-1-7-13-20/h2-5,8-11H,1,6-7,12-13H2. The molecule has 116 valence electrons. The van der Waals surface area contributed by atoms with E-state index < -0.39 is 0 Å². The molecular formula is C19H18N2O2. The minimum absolute atomic E-state index is 0.227. The van der Waals surface area contributed by atoms with Gasteiger partial charge in [0.15, 0.2) is 0 Å². The average molecular weight is 306 g/mol. The van der Waals surface area contributed by atoms with Crippen molar-refractivity contribution in [2.24, 2.45) is 0 Å². The van der Waals surface area contributed by atoms with Crippen LogP contribution in [0, 0.1) is 0 Å². The summed E-state index contributed by atoms with van der Waals surface area (Å²) >= 11 is 0. The Bertz CT molecular complexity index is 743. The maximum atomic E-state index is 12.7. The van der Waals surface area contributed by atoms with Crippen molar-refractivity contribution in [3.63, 3.8) is 0 Å². The smallest absolute Gasteiger partial charge is 0.266 e. The van der Waals surface area contributed by atoms with E-state index in [0.29, 0.717) is 16.8 Å². The number of hydrogen-bond donors (Lipinski definition) is 0. The number of rotatable bonds is 2. The van der Waals surface area contributed by atoms with Crippen LogP contribution >= 0.6 is 0 Å². The second-order valence-electron chi connectivity index (χ2n) is 6.03. The Balaban J connectivity index is 1.77. The van der Waals surface area contributed by atoms with Gasteiger partial charge < -0.3 is 4.90 Å². The third-order valence-corrected chi connectivity index (χ3v) is 4.61. The predicted octanol–water partition coefficient (Wildman–Crippen LogP) is 3.48. The zero-order valence-electron chi connectivity index (χ0n) is 12.9. The van der Waals surface area contributed by atoms with Crippen LogP contribution in [0.25, 0.3) is 0 Å². The predicted molar refractivity (Wildman–Crippen MR) is 90.1 cm³/mol. The number of fused-ring (bicyclic) bond motifs is 1. The molecule has 0 aliphatic carbocycles. The van der Waals surface area contributed by atoms with Crippen LogP contribution in [0.15, 0.2) is 48.5 Å². The van der Waals surface area contributed by atoms with Crippen molar-refractivity contribution in [1.82, 2.24) is 0 Å². The fourth-order valence-corrected chi connectivity index (χ4v) is 3.46. The van der Waals surface area contributed by atoms with Crippen molar-refractivity contribution in [3.05, 3.63) is 59.7 Å². The molecule has 2 heterocycles. The van der Waals surface area contributed by atoms with Gasteiger partial charge in [-0.15, -0.1) is 0 Å². The highest BCUT2D eigenvalue weighted by atomic mass is 16.2. The fraction of sp³-hybridized carbons (Fsp3) is 0.263. The second-order valence-corrected chi connectivity index (χ2v) is 6.03. The molecule has 4 heteroatoms. The Labute approximate surface area is 135 Å². The highest BCUT2D eigenvalue weighted by Gasteiger charge is 2.37. The van der Waals surface area contributed by atoms with Gasteiger partial charge in [-0.25, -0.2) is 4.90 Å². The van der Waals surface area contributed by atoms with Gasteiger partial charge >= 0.3 is 0 Å². The quantitative estimate of drug-likeness (QED) is 0.798. The van der Waals surface area contributed by atoms with E-state index >= 15 is 0 Å². The van der Waals surface area contributed by atoms with E-state index in [2.05, 4.69) is 4.90 Å². The van der Waals surface area contributed by atoms with E-state index in [-0.39, 0.29) is 11.8 Å². The number of piperidine rings is 1. The normalized spacial score (nSPS) is 17.6. The lowest BCUT2D eigenvalue weighted by molar-refractivity contribution is 0.0926. The number of hydrogen-bond acceptors (Lipinski definition) is 3. The van der Waals surface area contributed by atoms with Crippen molar-refractivity contribution in [3.8, 4) is 0 Å². The summed E-state index contributed by atoms with van der Waals surface area (Å²) in [6.07, 6.45) is 3.54. The molecule has 0 spiro atoms. The lowest BCUT2D eigenvalue weighted by Gasteiger charge is -2.32. The summed E-state index contributed by atoms with van der Waals surface area (Å²) in [6.45, 7) is 1.94. The third kappa shape index (κ3) is 2.22. The summed E-state index contributed by atoms with van der Waals surface area (Å²) < 4.78 is 0. The van der Waals surface area contributed by atoms with Gasteiger partial charge in [-0.1, -0.05) is 24.3 Å². The van der Waals surface area contributed by atoms with Gasteiger partial charge in [-0.05, 0) is 43.5 Å². The molecule has 0 atom stereocenters. The van der Waals surface area contributed by atoms with Crippen LogP contribution in [0.3, 0.4) is 0 Å². The molecule has 1 fully saturated rings. The lowest BCUT2D eigenvalue weighted by Crippen LogP contribution is -2.34. The van der Waals surface area contributed by atoms with Crippen molar-refractivity contribution in [2.45, 2.75) is 19.3 Å². The SMILES string of the molecule is O=C1c2ccccc2C(=O)N1c1ccccc1N1CCCCC1. The zero-order chi connectivity index (χ0) is 15.8. The maximum absolute atomic E-state index is 12.7. The van der Waals surface area contributed by atoms with Gasteiger partial charge in [0, 0.05) is 13.1 Å². The number of nitrogens with zero attached hydrogens (tertiary/aromatic N) is 2.